The van der Waals surface area contributed by atoms with Crippen LogP contribution in [0.2, 0.25) is 10.0 Å². The van der Waals surface area contributed by atoms with Gasteiger partial charge in [-0.1, -0.05) is 37.0 Å². The van der Waals surface area contributed by atoms with Gasteiger partial charge in [0.1, 0.15) is 12.0 Å². The standard InChI is InChI=1S/C10H11ClN2O.C10H12ClNO2/c1-3-7(6-12)9-10(14-2)8(11)4-5-13-9;1-3-7(6-13)9-10(14-2)8(11)4-5-12-9/h4-5,7H,3H2,1-2H3;4-7H,3H2,1-2H3. The minimum absolute atomic E-state index is 0.247. The Morgan fingerprint density at radius 2 is 1.54 bits per heavy atom. The molecular weight excluding hydrogens is 401 g/mol. The molecule has 0 aliphatic rings. The van der Waals surface area contributed by atoms with Crippen molar-refractivity contribution in [1.29, 1.82) is 5.26 Å². The number of rotatable bonds is 7. The molecule has 0 saturated carbocycles. The molecule has 2 aromatic heterocycles. The summed E-state index contributed by atoms with van der Waals surface area (Å²) in [5, 5.41) is 9.88. The van der Waals surface area contributed by atoms with Crippen molar-refractivity contribution in [2.24, 2.45) is 0 Å². The Morgan fingerprint density at radius 3 is 1.93 bits per heavy atom. The third-order valence-electron chi connectivity index (χ3n) is 4.03. The van der Waals surface area contributed by atoms with Crippen LogP contribution in [0.1, 0.15) is 49.9 Å². The fourth-order valence-corrected chi connectivity index (χ4v) is 2.96. The van der Waals surface area contributed by atoms with Gasteiger partial charge < -0.3 is 14.3 Å². The Morgan fingerprint density at radius 1 is 1.04 bits per heavy atom. The van der Waals surface area contributed by atoms with Gasteiger partial charge in [-0.05, 0) is 25.0 Å². The Hall–Kier alpha value is -2.36. The molecule has 0 aliphatic heterocycles. The zero-order valence-corrected chi connectivity index (χ0v) is 17.8. The monoisotopic (exact) mass is 423 g/mol. The number of halogens is 2. The zero-order valence-electron chi connectivity index (χ0n) is 16.3. The maximum atomic E-state index is 10.8. The molecule has 0 fully saturated rings. The highest BCUT2D eigenvalue weighted by molar-refractivity contribution is 6.32. The van der Waals surface area contributed by atoms with E-state index in [9.17, 15) is 4.79 Å². The topological polar surface area (TPSA) is 85.1 Å². The van der Waals surface area contributed by atoms with Crippen molar-refractivity contribution in [1.82, 2.24) is 9.97 Å². The number of aldehydes is 1. The van der Waals surface area contributed by atoms with Crippen LogP contribution in [-0.4, -0.2) is 30.5 Å². The Balaban J connectivity index is 0.000000280. The van der Waals surface area contributed by atoms with Crippen LogP contribution < -0.4 is 9.47 Å². The highest BCUT2D eigenvalue weighted by Crippen LogP contribution is 2.33. The molecule has 0 spiro atoms. The van der Waals surface area contributed by atoms with Gasteiger partial charge in [-0.2, -0.15) is 5.26 Å². The average molecular weight is 424 g/mol. The van der Waals surface area contributed by atoms with Gasteiger partial charge in [-0.3, -0.25) is 9.97 Å². The second-order valence-electron chi connectivity index (χ2n) is 5.66. The first-order valence-electron chi connectivity index (χ1n) is 8.70. The zero-order chi connectivity index (χ0) is 21.1. The lowest BCUT2D eigenvalue weighted by Crippen LogP contribution is -2.04. The van der Waals surface area contributed by atoms with Crippen LogP contribution in [0, 0.1) is 11.3 Å². The molecule has 28 heavy (non-hydrogen) atoms. The van der Waals surface area contributed by atoms with Crippen molar-refractivity contribution >= 4 is 29.5 Å². The van der Waals surface area contributed by atoms with Gasteiger partial charge in [0.25, 0.3) is 0 Å². The van der Waals surface area contributed by atoms with Crippen molar-refractivity contribution in [3.05, 3.63) is 46.0 Å². The number of nitrogens with zero attached hydrogens (tertiary/aromatic N) is 3. The van der Waals surface area contributed by atoms with E-state index in [0.717, 1.165) is 6.29 Å². The predicted octanol–water partition coefficient (Wildman–Crippen LogP) is 5.20. The summed E-state index contributed by atoms with van der Waals surface area (Å²) >= 11 is 11.8. The van der Waals surface area contributed by atoms with Crippen LogP contribution >= 0.6 is 23.2 Å². The lowest BCUT2D eigenvalue weighted by molar-refractivity contribution is -0.109. The quantitative estimate of drug-likeness (QED) is 0.568. The summed E-state index contributed by atoms with van der Waals surface area (Å²) < 4.78 is 10.2. The van der Waals surface area contributed by atoms with E-state index in [1.165, 1.54) is 14.2 Å². The molecule has 6 nitrogen and oxygen atoms in total. The van der Waals surface area contributed by atoms with Crippen LogP contribution in [0.25, 0.3) is 0 Å². The van der Waals surface area contributed by atoms with Gasteiger partial charge in [0.2, 0.25) is 0 Å². The fraction of sp³-hybridized carbons (Fsp3) is 0.400. The maximum absolute atomic E-state index is 10.8. The summed E-state index contributed by atoms with van der Waals surface area (Å²) in [4.78, 5) is 19.0. The summed E-state index contributed by atoms with van der Waals surface area (Å²) in [6, 6.07) is 5.46. The number of carbonyl (C=O) groups is 1. The molecule has 2 unspecified atom stereocenters. The second-order valence-corrected chi connectivity index (χ2v) is 6.48. The van der Waals surface area contributed by atoms with E-state index in [4.69, 9.17) is 37.9 Å². The molecule has 2 atom stereocenters. The second kappa shape index (κ2) is 12.2. The molecule has 0 bridgehead atoms. The molecule has 0 N–H and O–H groups in total. The molecular formula is C20H23Cl2N3O3. The largest absolute Gasteiger partial charge is 0.493 e. The summed E-state index contributed by atoms with van der Waals surface area (Å²) in [5.74, 6) is 0.489. The number of pyridine rings is 2. The third-order valence-corrected chi connectivity index (χ3v) is 4.62. The van der Waals surface area contributed by atoms with E-state index < -0.39 is 0 Å². The van der Waals surface area contributed by atoms with Gasteiger partial charge in [0.15, 0.2) is 11.5 Å². The maximum Gasteiger partial charge on any atom is 0.160 e. The Bertz CT molecular complexity index is 825. The smallest absolute Gasteiger partial charge is 0.160 e. The van der Waals surface area contributed by atoms with Crippen LogP contribution in [0.4, 0.5) is 0 Å². The van der Waals surface area contributed by atoms with E-state index in [2.05, 4.69) is 16.0 Å². The third kappa shape index (κ3) is 5.82. The molecule has 0 aliphatic carbocycles. The molecule has 2 aromatic rings. The average Bonchev–Trinajstić information content (AvgIpc) is 2.71. The normalized spacial score (nSPS) is 12.0. The SMILES string of the molecule is CCC(C#N)c1nccc(Cl)c1OC.CCC(C=O)c1nccc(Cl)c1OC. The molecule has 0 amide bonds. The lowest BCUT2D eigenvalue weighted by Gasteiger charge is -2.12. The molecule has 0 radical (unpaired) electrons. The number of nitriles is 1. The number of carbonyl (C=O) groups excluding carboxylic acids is 1. The van der Waals surface area contributed by atoms with Crippen molar-refractivity contribution < 1.29 is 14.3 Å². The lowest BCUT2D eigenvalue weighted by atomic mass is 10.0. The fourth-order valence-electron chi connectivity index (χ4n) is 2.50. The van der Waals surface area contributed by atoms with E-state index in [1.807, 2.05) is 13.8 Å². The predicted molar refractivity (Wildman–Crippen MR) is 109 cm³/mol. The number of hydrogen-bond acceptors (Lipinski definition) is 6. The number of aromatic nitrogens is 2. The van der Waals surface area contributed by atoms with Gasteiger partial charge >= 0.3 is 0 Å². The van der Waals surface area contributed by atoms with Crippen molar-refractivity contribution in [3.63, 3.8) is 0 Å². The number of hydrogen-bond donors (Lipinski definition) is 0. The minimum atomic E-state index is -0.261. The van der Waals surface area contributed by atoms with Crippen LogP contribution in [0.15, 0.2) is 24.5 Å². The molecule has 0 saturated heterocycles. The van der Waals surface area contributed by atoms with Crippen LogP contribution in [0.3, 0.4) is 0 Å². The molecule has 2 heterocycles. The highest BCUT2D eigenvalue weighted by Gasteiger charge is 2.18. The first-order chi connectivity index (χ1) is 13.5. The van der Waals surface area contributed by atoms with Crippen molar-refractivity contribution in [3.8, 4) is 17.6 Å². The summed E-state index contributed by atoms with van der Waals surface area (Å²) in [5.41, 5.74) is 1.22. The van der Waals surface area contributed by atoms with Crippen LogP contribution in [-0.2, 0) is 4.79 Å². The van der Waals surface area contributed by atoms with Crippen molar-refractivity contribution in [2.45, 2.75) is 38.5 Å². The summed E-state index contributed by atoms with van der Waals surface area (Å²) in [6.45, 7) is 3.84. The van der Waals surface area contributed by atoms with Gasteiger partial charge in [0, 0.05) is 12.4 Å². The summed E-state index contributed by atoms with van der Waals surface area (Å²) in [7, 11) is 3.04. The number of methoxy groups -OCH3 is 2. The molecule has 150 valence electrons. The van der Waals surface area contributed by atoms with E-state index in [0.29, 0.717) is 45.8 Å². The van der Waals surface area contributed by atoms with Gasteiger partial charge in [0.05, 0.1) is 47.9 Å². The van der Waals surface area contributed by atoms with E-state index in [-0.39, 0.29) is 11.8 Å². The Labute approximate surface area is 175 Å². The van der Waals surface area contributed by atoms with E-state index in [1.54, 1.807) is 24.5 Å². The Kier molecular flexibility index (Phi) is 10.3. The number of ether oxygens (including phenoxy) is 2. The van der Waals surface area contributed by atoms with Gasteiger partial charge in [-0.15, -0.1) is 0 Å². The van der Waals surface area contributed by atoms with Gasteiger partial charge in [-0.25, -0.2) is 0 Å². The minimum Gasteiger partial charge on any atom is -0.493 e. The molecule has 2 rings (SSSR count). The molecule has 8 heteroatoms. The molecule has 0 aromatic carbocycles. The first kappa shape index (κ1) is 23.7. The van der Waals surface area contributed by atoms with Crippen molar-refractivity contribution in [2.75, 3.05) is 14.2 Å². The van der Waals surface area contributed by atoms with Crippen LogP contribution in [0.5, 0.6) is 11.5 Å². The van der Waals surface area contributed by atoms with E-state index >= 15 is 0 Å². The first-order valence-corrected chi connectivity index (χ1v) is 9.46. The highest BCUT2D eigenvalue weighted by atomic mass is 35.5. The summed E-state index contributed by atoms with van der Waals surface area (Å²) in [6.07, 6.45) is 5.40.